The van der Waals surface area contributed by atoms with E-state index >= 15 is 0 Å². The molecule has 0 fully saturated rings. The highest BCUT2D eigenvalue weighted by Gasteiger charge is 2.02. The van der Waals surface area contributed by atoms with Crippen LogP contribution in [0.15, 0.2) is 24.3 Å². The Kier molecular flexibility index (Phi) is 8.47. The highest BCUT2D eigenvalue weighted by Crippen LogP contribution is 2.11. The van der Waals surface area contributed by atoms with Crippen LogP contribution in [0.1, 0.15) is 31.7 Å². The quantitative estimate of drug-likeness (QED) is 0.670. The van der Waals surface area contributed by atoms with Crippen LogP contribution in [0, 0.1) is 6.92 Å². The molecular formula is C16H25NO3. The van der Waals surface area contributed by atoms with E-state index in [1.54, 1.807) is 0 Å². The molecule has 4 nitrogen and oxygen atoms in total. The number of hydrogen-bond acceptors (Lipinski definition) is 3. The SMILES string of the molecule is CCCCOCCCNC(=O)COc1cccc(C)c1. The molecule has 0 atom stereocenters. The van der Waals surface area contributed by atoms with E-state index in [0.717, 1.165) is 37.2 Å². The molecule has 0 radical (unpaired) electrons. The van der Waals surface area contributed by atoms with Crippen LogP contribution in [0.4, 0.5) is 0 Å². The van der Waals surface area contributed by atoms with Gasteiger partial charge in [-0.05, 0) is 37.5 Å². The van der Waals surface area contributed by atoms with Gasteiger partial charge in [-0.3, -0.25) is 4.79 Å². The second-order valence-corrected chi connectivity index (χ2v) is 4.77. The number of carbonyl (C=O) groups is 1. The van der Waals surface area contributed by atoms with Crippen molar-refractivity contribution in [1.82, 2.24) is 5.32 Å². The fraction of sp³-hybridized carbons (Fsp3) is 0.562. The van der Waals surface area contributed by atoms with Crippen LogP contribution in [-0.2, 0) is 9.53 Å². The standard InChI is InChI=1S/C16H25NO3/c1-3-4-10-19-11-6-9-17-16(18)13-20-15-8-5-7-14(2)12-15/h5,7-8,12H,3-4,6,9-11,13H2,1-2H3,(H,17,18). The third kappa shape index (κ3) is 7.79. The van der Waals surface area contributed by atoms with Gasteiger partial charge in [-0.15, -0.1) is 0 Å². The Morgan fingerprint density at radius 3 is 2.80 bits per heavy atom. The smallest absolute Gasteiger partial charge is 0.257 e. The Morgan fingerprint density at radius 2 is 2.05 bits per heavy atom. The summed E-state index contributed by atoms with van der Waals surface area (Å²) in [4.78, 5) is 11.6. The minimum atomic E-state index is -0.0972. The summed E-state index contributed by atoms with van der Waals surface area (Å²) in [6.07, 6.45) is 3.07. The van der Waals surface area contributed by atoms with E-state index in [9.17, 15) is 4.79 Å². The second kappa shape index (κ2) is 10.3. The summed E-state index contributed by atoms with van der Waals surface area (Å²) in [7, 11) is 0. The molecule has 1 aromatic rings. The zero-order valence-corrected chi connectivity index (χ0v) is 12.5. The first-order valence-electron chi connectivity index (χ1n) is 7.26. The van der Waals surface area contributed by atoms with Gasteiger partial charge >= 0.3 is 0 Å². The summed E-state index contributed by atoms with van der Waals surface area (Å²) in [5, 5.41) is 2.81. The molecule has 0 aromatic heterocycles. The molecule has 1 rings (SSSR count). The second-order valence-electron chi connectivity index (χ2n) is 4.77. The monoisotopic (exact) mass is 279 g/mol. The lowest BCUT2D eigenvalue weighted by molar-refractivity contribution is -0.123. The Hall–Kier alpha value is -1.55. The topological polar surface area (TPSA) is 47.6 Å². The highest BCUT2D eigenvalue weighted by molar-refractivity contribution is 5.77. The largest absolute Gasteiger partial charge is 0.484 e. The molecule has 0 unspecified atom stereocenters. The van der Waals surface area contributed by atoms with Crippen molar-refractivity contribution in [3.05, 3.63) is 29.8 Å². The van der Waals surface area contributed by atoms with Gasteiger partial charge in [0.1, 0.15) is 5.75 Å². The van der Waals surface area contributed by atoms with E-state index < -0.39 is 0 Å². The van der Waals surface area contributed by atoms with Crippen molar-refractivity contribution in [3.8, 4) is 5.75 Å². The van der Waals surface area contributed by atoms with Crippen LogP contribution >= 0.6 is 0 Å². The molecule has 1 aromatic carbocycles. The van der Waals surface area contributed by atoms with Crippen LogP contribution < -0.4 is 10.1 Å². The molecule has 0 spiro atoms. The molecule has 1 N–H and O–H groups in total. The molecule has 20 heavy (non-hydrogen) atoms. The van der Waals surface area contributed by atoms with Crippen molar-refractivity contribution in [2.45, 2.75) is 33.1 Å². The van der Waals surface area contributed by atoms with Crippen molar-refractivity contribution in [2.75, 3.05) is 26.4 Å². The molecule has 112 valence electrons. The lowest BCUT2D eigenvalue weighted by Crippen LogP contribution is -2.30. The van der Waals surface area contributed by atoms with E-state index in [2.05, 4.69) is 12.2 Å². The Bertz CT molecular complexity index is 393. The van der Waals surface area contributed by atoms with E-state index in [1.165, 1.54) is 0 Å². The fourth-order valence-electron chi connectivity index (χ4n) is 1.66. The Balaban J connectivity index is 2.03. The predicted molar refractivity (Wildman–Crippen MR) is 80.0 cm³/mol. The Labute approximate surface area is 121 Å². The zero-order valence-electron chi connectivity index (χ0n) is 12.5. The summed E-state index contributed by atoms with van der Waals surface area (Å²) in [5.74, 6) is 0.628. The first-order chi connectivity index (χ1) is 9.72. The van der Waals surface area contributed by atoms with Gasteiger partial charge in [-0.25, -0.2) is 0 Å². The van der Waals surface area contributed by atoms with Crippen molar-refractivity contribution in [1.29, 1.82) is 0 Å². The number of aryl methyl sites for hydroxylation is 1. The molecule has 0 heterocycles. The van der Waals surface area contributed by atoms with E-state index in [1.807, 2.05) is 31.2 Å². The fourth-order valence-corrected chi connectivity index (χ4v) is 1.66. The van der Waals surface area contributed by atoms with Crippen molar-refractivity contribution < 1.29 is 14.3 Å². The average Bonchev–Trinajstić information content (AvgIpc) is 2.44. The van der Waals surface area contributed by atoms with Crippen molar-refractivity contribution in [2.24, 2.45) is 0 Å². The van der Waals surface area contributed by atoms with E-state index in [-0.39, 0.29) is 12.5 Å². The van der Waals surface area contributed by atoms with Gasteiger partial charge in [-0.1, -0.05) is 25.5 Å². The summed E-state index contributed by atoms with van der Waals surface area (Å²) >= 11 is 0. The molecule has 0 saturated heterocycles. The molecule has 0 aliphatic carbocycles. The van der Waals surface area contributed by atoms with Crippen LogP contribution in [0.25, 0.3) is 0 Å². The van der Waals surface area contributed by atoms with Crippen molar-refractivity contribution in [3.63, 3.8) is 0 Å². The van der Waals surface area contributed by atoms with Gasteiger partial charge in [0.15, 0.2) is 6.61 Å². The van der Waals surface area contributed by atoms with Gasteiger partial charge in [0.2, 0.25) is 0 Å². The average molecular weight is 279 g/mol. The maximum absolute atomic E-state index is 11.6. The summed E-state index contributed by atoms with van der Waals surface area (Å²) in [6.45, 7) is 6.31. The number of amides is 1. The summed E-state index contributed by atoms with van der Waals surface area (Å²) in [5.41, 5.74) is 1.12. The van der Waals surface area contributed by atoms with Crippen LogP contribution in [0.3, 0.4) is 0 Å². The molecular weight excluding hydrogens is 254 g/mol. The zero-order chi connectivity index (χ0) is 14.6. The summed E-state index contributed by atoms with van der Waals surface area (Å²) < 4.78 is 10.8. The third-order valence-corrected chi connectivity index (χ3v) is 2.79. The number of unbranched alkanes of at least 4 members (excludes halogenated alkanes) is 1. The van der Waals surface area contributed by atoms with Crippen molar-refractivity contribution >= 4 is 5.91 Å². The normalized spacial score (nSPS) is 10.3. The summed E-state index contributed by atoms with van der Waals surface area (Å²) in [6, 6.07) is 7.67. The van der Waals surface area contributed by atoms with Crippen LogP contribution in [-0.4, -0.2) is 32.3 Å². The number of ether oxygens (including phenoxy) is 2. The number of benzene rings is 1. The number of nitrogens with one attached hydrogen (secondary N) is 1. The van der Waals surface area contributed by atoms with Gasteiger partial charge in [0.05, 0.1) is 0 Å². The highest BCUT2D eigenvalue weighted by atomic mass is 16.5. The molecule has 1 amide bonds. The molecule has 0 aliphatic rings. The number of rotatable bonds is 10. The lowest BCUT2D eigenvalue weighted by atomic mass is 10.2. The first-order valence-corrected chi connectivity index (χ1v) is 7.26. The van der Waals surface area contributed by atoms with E-state index in [4.69, 9.17) is 9.47 Å². The van der Waals surface area contributed by atoms with E-state index in [0.29, 0.717) is 13.2 Å². The number of hydrogen-bond donors (Lipinski definition) is 1. The molecule has 0 aliphatic heterocycles. The molecule has 0 bridgehead atoms. The maximum Gasteiger partial charge on any atom is 0.257 e. The van der Waals surface area contributed by atoms with Crippen LogP contribution in [0.5, 0.6) is 5.75 Å². The molecule has 0 saturated carbocycles. The number of carbonyl (C=O) groups excluding carboxylic acids is 1. The minimum Gasteiger partial charge on any atom is -0.484 e. The van der Waals surface area contributed by atoms with Crippen LogP contribution in [0.2, 0.25) is 0 Å². The lowest BCUT2D eigenvalue weighted by Gasteiger charge is -2.08. The first kappa shape index (κ1) is 16.5. The van der Waals surface area contributed by atoms with Gasteiger partial charge in [0.25, 0.3) is 5.91 Å². The molecule has 4 heteroatoms. The minimum absolute atomic E-state index is 0.0557. The Morgan fingerprint density at radius 1 is 1.25 bits per heavy atom. The third-order valence-electron chi connectivity index (χ3n) is 2.79. The van der Waals surface area contributed by atoms with Gasteiger partial charge in [-0.2, -0.15) is 0 Å². The predicted octanol–water partition coefficient (Wildman–Crippen LogP) is 2.70. The maximum atomic E-state index is 11.6. The van der Waals surface area contributed by atoms with Gasteiger partial charge < -0.3 is 14.8 Å². The van der Waals surface area contributed by atoms with Gasteiger partial charge in [0, 0.05) is 19.8 Å².